The Morgan fingerprint density at radius 1 is 1.33 bits per heavy atom. The number of hydrogen-bond acceptors (Lipinski definition) is 8. The van der Waals surface area contributed by atoms with E-state index in [4.69, 9.17) is 0 Å². The maximum atomic E-state index is 10.7. The molecule has 0 aliphatic carbocycles. The van der Waals surface area contributed by atoms with Gasteiger partial charge in [0.25, 0.3) is 0 Å². The molecule has 8 nitrogen and oxygen atoms in total. The highest BCUT2D eigenvalue weighted by atomic mass is 31.3. The molecule has 0 spiro atoms. The lowest BCUT2D eigenvalue weighted by Gasteiger charge is -2.35. The number of ether oxygens (including phenoxy) is 1. The van der Waals surface area contributed by atoms with Crippen LogP contribution in [0.5, 0.6) is 0 Å². The first-order chi connectivity index (χ1) is 6.66. The average Bonchev–Trinajstić information content (AvgIpc) is 1.98. The smallest absolute Gasteiger partial charge is 0.330 e. The van der Waals surface area contributed by atoms with Gasteiger partial charge in [0, 0.05) is 12.2 Å². The first-order valence-corrected chi connectivity index (χ1v) is 6.68. The molecule has 15 heavy (non-hydrogen) atoms. The summed E-state index contributed by atoms with van der Waals surface area (Å²) in [6, 6.07) is 0. The predicted octanol–water partition coefficient (Wildman–Crippen LogP) is -1.89. The van der Waals surface area contributed by atoms with Crippen molar-refractivity contribution in [2.45, 2.75) is 0 Å². The van der Waals surface area contributed by atoms with Crippen LogP contribution in [-0.2, 0) is 23.0 Å². The van der Waals surface area contributed by atoms with Crippen LogP contribution in [-0.4, -0.2) is 18.7 Å². The summed E-state index contributed by atoms with van der Waals surface area (Å²) in [5, 5.41) is 0. The molecule has 0 saturated heterocycles. The second kappa shape index (κ2) is 5.55. The van der Waals surface area contributed by atoms with Crippen molar-refractivity contribution in [2.24, 2.45) is 0 Å². The Morgan fingerprint density at radius 2 is 1.87 bits per heavy atom. The van der Waals surface area contributed by atoms with Crippen LogP contribution in [0.25, 0.3) is 0 Å². The summed E-state index contributed by atoms with van der Waals surface area (Å²) < 4.78 is 28.2. The van der Waals surface area contributed by atoms with Crippen LogP contribution in [0.4, 0.5) is 0 Å². The van der Waals surface area contributed by atoms with Gasteiger partial charge in [-0.1, -0.05) is 6.58 Å². The molecule has 0 N–H and O–H groups in total. The van der Waals surface area contributed by atoms with Crippen molar-refractivity contribution in [3.05, 3.63) is 12.7 Å². The molecule has 0 heterocycles. The van der Waals surface area contributed by atoms with Gasteiger partial charge in [-0.3, -0.25) is 0 Å². The van der Waals surface area contributed by atoms with Crippen LogP contribution in [0.15, 0.2) is 12.7 Å². The second-order valence-electron chi connectivity index (χ2n) is 2.23. The van der Waals surface area contributed by atoms with Gasteiger partial charge < -0.3 is 32.9 Å². The minimum absolute atomic E-state index is 0.619. The lowest BCUT2D eigenvalue weighted by Crippen LogP contribution is -2.21. The molecule has 0 aromatic carbocycles. The number of esters is 1. The van der Waals surface area contributed by atoms with E-state index < -0.39 is 34.2 Å². The fourth-order valence-corrected chi connectivity index (χ4v) is 2.37. The summed E-state index contributed by atoms with van der Waals surface area (Å²) in [5.41, 5.74) is 0. The lowest BCUT2D eigenvalue weighted by atomic mass is 10.6. The minimum atomic E-state index is -5.59. The van der Waals surface area contributed by atoms with E-state index in [2.05, 4.69) is 15.6 Å². The zero-order valence-electron chi connectivity index (χ0n) is 7.36. The van der Waals surface area contributed by atoms with Crippen LogP contribution < -0.4 is 14.7 Å². The summed E-state index contributed by atoms with van der Waals surface area (Å²) in [6.45, 7) is 2.42. The molecule has 88 valence electrons. The number of rotatable bonds is 6. The van der Waals surface area contributed by atoms with Crippen LogP contribution in [0.1, 0.15) is 0 Å². The van der Waals surface area contributed by atoms with Crippen molar-refractivity contribution in [2.75, 3.05) is 12.8 Å². The van der Waals surface area contributed by atoms with Gasteiger partial charge in [0.2, 0.25) is 0 Å². The molecular formula is C5H7O8P2-3. The normalized spacial score (nSPS) is 15.4. The van der Waals surface area contributed by atoms with Crippen LogP contribution in [0, 0.1) is 0 Å². The second-order valence-corrected chi connectivity index (χ2v) is 5.45. The molecule has 1 unspecified atom stereocenters. The number of hydrogen-bond donors (Lipinski definition) is 0. The van der Waals surface area contributed by atoms with Gasteiger partial charge >= 0.3 is 5.97 Å². The zero-order chi connectivity index (χ0) is 12.1. The van der Waals surface area contributed by atoms with Crippen LogP contribution in [0.3, 0.4) is 0 Å². The maximum Gasteiger partial charge on any atom is 0.330 e. The topological polar surface area (TPSA) is 139 Å². The molecule has 0 aromatic rings. The average molecular weight is 257 g/mol. The molecule has 0 aliphatic heterocycles. The standard InChI is InChI=1S/C5H10O8P2/c1-2-5(6)12-3-4-14(7,8)13-15(9,10)11/h2H,1,3-4H2,(H,7,8)(H2,9,10,11)/p-3. The molecule has 1 atom stereocenters. The first kappa shape index (κ1) is 14.5. The summed E-state index contributed by atoms with van der Waals surface area (Å²) in [7, 11) is -10.4. The molecule has 0 fully saturated rings. The van der Waals surface area contributed by atoms with E-state index in [0.717, 1.165) is 6.08 Å². The molecule has 0 aliphatic rings. The van der Waals surface area contributed by atoms with E-state index in [1.165, 1.54) is 0 Å². The molecule has 0 aromatic heterocycles. The van der Waals surface area contributed by atoms with Crippen molar-refractivity contribution >= 4 is 21.4 Å². The van der Waals surface area contributed by atoms with Crippen LogP contribution >= 0.6 is 15.4 Å². The third-order valence-electron chi connectivity index (χ3n) is 1.00. The fraction of sp³-hybridized carbons (Fsp3) is 0.400. The zero-order valence-corrected chi connectivity index (χ0v) is 9.15. The van der Waals surface area contributed by atoms with Crippen molar-refractivity contribution in [3.8, 4) is 0 Å². The third-order valence-corrected chi connectivity index (χ3v) is 3.53. The van der Waals surface area contributed by atoms with Gasteiger partial charge in [-0.15, -0.1) is 0 Å². The maximum absolute atomic E-state index is 10.7. The van der Waals surface area contributed by atoms with Gasteiger partial charge in [-0.2, -0.15) is 0 Å². The van der Waals surface area contributed by atoms with Gasteiger partial charge in [-0.05, 0) is 0 Å². The van der Waals surface area contributed by atoms with Gasteiger partial charge in [-0.25, -0.2) is 4.79 Å². The summed E-state index contributed by atoms with van der Waals surface area (Å²) in [4.78, 5) is 41.1. The number of carbonyl (C=O) groups is 1. The van der Waals surface area contributed by atoms with E-state index in [1.807, 2.05) is 0 Å². The number of phosphoric acid groups is 1. The molecule has 0 bridgehead atoms. The molecule has 0 saturated carbocycles. The Balaban J connectivity index is 4.06. The van der Waals surface area contributed by atoms with Crippen molar-refractivity contribution in [1.82, 2.24) is 0 Å². The fourth-order valence-electron chi connectivity index (χ4n) is 0.510. The van der Waals surface area contributed by atoms with E-state index in [9.17, 15) is 28.6 Å². The lowest BCUT2D eigenvalue weighted by molar-refractivity contribution is -0.337. The Hall–Kier alpha value is -0.490. The largest absolute Gasteiger partial charge is 0.790 e. The van der Waals surface area contributed by atoms with Gasteiger partial charge in [0.15, 0.2) is 0 Å². The number of carbonyl (C=O) groups excluding carboxylic acids is 1. The monoisotopic (exact) mass is 257 g/mol. The first-order valence-electron chi connectivity index (χ1n) is 3.49. The van der Waals surface area contributed by atoms with Crippen molar-refractivity contribution in [1.29, 1.82) is 0 Å². The molecular weight excluding hydrogens is 250 g/mol. The third kappa shape index (κ3) is 8.50. The molecule has 0 radical (unpaired) electrons. The van der Waals surface area contributed by atoms with Crippen molar-refractivity contribution in [3.63, 3.8) is 0 Å². The predicted molar refractivity (Wildman–Crippen MR) is 42.3 cm³/mol. The highest BCUT2D eigenvalue weighted by Gasteiger charge is 2.11. The Kier molecular flexibility index (Phi) is 5.37. The Labute approximate surface area is 85.3 Å². The Bertz CT molecular complexity index is 330. The van der Waals surface area contributed by atoms with E-state index in [0.29, 0.717) is 0 Å². The SMILES string of the molecule is C=CC(=O)OCCP(=O)([O-])OP(=O)([O-])[O-]. The summed E-state index contributed by atoms with van der Waals surface area (Å²) in [6.07, 6.45) is -0.107. The van der Waals surface area contributed by atoms with Gasteiger partial charge in [0.05, 0.1) is 14.4 Å². The highest BCUT2D eigenvalue weighted by Crippen LogP contribution is 2.49. The Morgan fingerprint density at radius 3 is 2.27 bits per heavy atom. The highest BCUT2D eigenvalue weighted by molar-refractivity contribution is 7.61. The summed E-state index contributed by atoms with van der Waals surface area (Å²) >= 11 is 0. The van der Waals surface area contributed by atoms with E-state index >= 15 is 0 Å². The van der Waals surface area contributed by atoms with Gasteiger partial charge in [0.1, 0.15) is 7.60 Å². The molecule has 10 heteroatoms. The minimum Gasteiger partial charge on any atom is -0.790 e. The summed E-state index contributed by atoms with van der Waals surface area (Å²) in [5.74, 6) is -0.873. The molecule has 0 rings (SSSR count). The quantitative estimate of drug-likeness (QED) is 0.305. The van der Waals surface area contributed by atoms with E-state index in [-0.39, 0.29) is 0 Å². The molecule has 0 amide bonds. The van der Waals surface area contributed by atoms with Crippen molar-refractivity contribution < 1.29 is 37.7 Å². The van der Waals surface area contributed by atoms with Crippen LogP contribution in [0.2, 0.25) is 0 Å². The van der Waals surface area contributed by atoms with E-state index in [1.54, 1.807) is 0 Å².